The van der Waals surface area contributed by atoms with E-state index in [1.165, 1.54) is 0 Å². The molecule has 0 aliphatic carbocycles. The highest BCUT2D eigenvalue weighted by atomic mass is 35.5. The number of halogens is 1. The summed E-state index contributed by atoms with van der Waals surface area (Å²) in [5.74, 6) is 0.565. The second-order valence-corrected chi connectivity index (χ2v) is 3.29. The summed E-state index contributed by atoms with van der Waals surface area (Å²) in [6, 6.07) is 5.05. The van der Waals surface area contributed by atoms with Crippen LogP contribution in [0.1, 0.15) is 5.69 Å². The van der Waals surface area contributed by atoms with Crippen LogP contribution in [0.25, 0.3) is 0 Å². The van der Waals surface area contributed by atoms with Crippen molar-refractivity contribution < 1.29 is 9.47 Å². The van der Waals surface area contributed by atoms with Crippen molar-refractivity contribution in [2.24, 2.45) is 0 Å². The first-order chi connectivity index (χ1) is 6.78. The van der Waals surface area contributed by atoms with Crippen LogP contribution in [0, 0.1) is 11.3 Å². The molecule has 0 unspecified atom stereocenters. The van der Waals surface area contributed by atoms with E-state index in [-0.39, 0.29) is 17.0 Å². The predicted molar refractivity (Wildman–Crippen MR) is 49.2 cm³/mol. The zero-order chi connectivity index (χ0) is 9.97. The number of nitriles is 1. The number of rotatable bonds is 2. The first-order valence-electron chi connectivity index (χ1n) is 4.10. The molecule has 0 amide bonds. The molecule has 5 heteroatoms. The minimum atomic E-state index is 0.0695. The van der Waals surface area contributed by atoms with Gasteiger partial charge in [0.15, 0.2) is 0 Å². The average molecular weight is 211 g/mol. The van der Waals surface area contributed by atoms with Gasteiger partial charge >= 0.3 is 0 Å². The maximum Gasteiger partial charge on any atom is 0.145 e. The molecule has 1 aromatic heterocycles. The Morgan fingerprint density at radius 2 is 2.36 bits per heavy atom. The fourth-order valence-corrected chi connectivity index (χ4v) is 1.27. The Bertz CT molecular complexity index is 385. The summed E-state index contributed by atoms with van der Waals surface area (Å²) in [6.45, 7) is 1.17. The first-order valence-corrected chi connectivity index (χ1v) is 4.48. The van der Waals surface area contributed by atoms with Crippen LogP contribution in [0.4, 0.5) is 0 Å². The summed E-state index contributed by atoms with van der Waals surface area (Å²) >= 11 is 5.70. The lowest BCUT2D eigenvalue weighted by atomic mass is 10.3. The Balaban J connectivity index is 2.16. The van der Waals surface area contributed by atoms with Gasteiger partial charge in [0.25, 0.3) is 0 Å². The van der Waals surface area contributed by atoms with Crippen LogP contribution >= 0.6 is 11.6 Å². The number of nitrogens with zero attached hydrogens (tertiary/aromatic N) is 2. The molecular formula is C9H7ClN2O2. The number of pyridine rings is 1. The summed E-state index contributed by atoms with van der Waals surface area (Å²) in [6.07, 6.45) is 0.0695. The van der Waals surface area contributed by atoms with Gasteiger partial charge in [0, 0.05) is 12.1 Å². The van der Waals surface area contributed by atoms with Gasteiger partial charge in [0.1, 0.15) is 28.8 Å². The normalized spacial score (nSPS) is 15.7. The Morgan fingerprint density at radius 1 is 1.57 bits per heavy atom. The van der Waals surface area contributed by atoms with E-state index >= 15 is 0 Å². The number of hydrogen-bond acceptors (Lipinski definition) is 4. The Morgan fingerprint density at radius 3 is 2.93 bits per heavy atom. The number of aromatic nitrogens is 1. The topological polar surface area (TPSA) is 55.1 Å². The van der Waals surface area contributed by atoms with Crippen molar-refractivity contribution >= 4 is 11.6 Å². The average Bonchev–Trinajstić information content (AvgIpc) is 2.10. The van der Waals surface area contributed by atoms with E-state index in [1.807, 2.05) is 6.07 Å². The third-order valence-corrected chi connectivity index (χ3v) is 1.99. The molecule has 1 fully saturated rings. The molecule has 1 aliphatic rings. The van der Waals surface area contributed by atoms with Crippen molar-refractivity contribution in [1.82, 2.24) is 4.98 Å². The van der Waals surface area contributed by atoms with E-state index in [0.29, 0.717) is 19.0 Å². The lowest BCUT2D eigenvalue weighted by Gasteiger charge is -2.26. The van der Waals surface area contributed by atoms with Crippen LogP contribution in [-0.2, 0) is 4.74 Å². The van der Waals surface area contributed by atoms with Crippen molar-refractivity contribution in [2.45, 2.75) is 6.10 Å². The van der Waals surface area contributed by atoms with E-state index in [2.05, 4.69) is 4.98 Å². The maximum absolute atomic E-state index is 8.64. The fourth-order valence-electron chi connectivity index (χ4n) is 1.07. The minimum Gasteiger partial charge on any atom is -0.485 e. The maximum atomic E-state index is 8.64. The van der Waals surface area contributed by atoms with Gasteiger partial charge in [0.05, 0.1) is 13.2 Å². The number of hydrogen-bond donors (Lipinski definition) is 0. The zero-order valence-corrected chi connectivity index (χ0v) is 7.99. The largest absolute Gasteiger partial charge is 0.485 e. The standard InChI is InChI=1S/C9H7ClN2O2/c10-9-2-7(1-6(3-11)12-9)14-8-4-13-5-8/h1-2,8H,4-5H2. The lowest BCUT2D eigenvalue weighted by molar-refractivity contribution is -0.0797. The lowest BCUT2D eigenvalue weighted by Crippen LogP contribution is -2.38. The molecular weight excluding hydrogens is 204 g/mol. The van der Waals surface area contributed by atoms with E-state index in [9.17, 15) is 0 Å². The molecule has 72 valence electrons. The molecule has 2 heterocycles. The van der Waals surface area contributed by atoms with Gasteiger partial charge in [-0.25, -0.2) is 4.98 Å². The molecule has 1 aliphatic heterocycles. The van der Waals surface area contributed by atoms with Crippen molar-refractivity contribution in [3.8, 4) is 11.8 Å². The van der Waals surface area contributed by atoms with Crippen LogP contribution in [0.5, 0.6) is 5.75 Å². The highest BCUT2D eigenvalue weighted by molar-refractivity contribution is 6.29. The Hall–Kier alpha value is -1.31. The first kappa shape index (κ1) is 9.25. The van der Waals surface area contributed by atoms with Crippen LogP contribution in [0.15, 0.2) is 12.1 Å². The quantitative estimate of drug-likeness (QED) is 0.692. The van der Waals surface area contributed by atoms with Crippen LogP contribution in [-0.4, -0.2) is 24.3 Å². The predicted octanol–water partition coefficient (Wildman–Crippen LogP) is 1.38. The van der Waals surface area contributed by atoms with Gasteiger partial charge in [-0.2, -0.15) is 5.26 Å². The van der Waals surface area contributed by atoms with Crippen molar-refractivity contribution in [3.05, 3.63) is 23.0 Å². The number of ether oxygens (including phenoxy) is 2. The fraction of sp³-hybridized carbons (Fsp3) is 0.333. The molecule has 0 bridgehead atoms. The molecule has 0 radical (unpaired) electrons. The van der Waals surface area contributed by atoms with Crippen LogP contribution in [0.2, 0.25) is 5.15 Å². The molecule has 0 spiro atoms. The third kappa shape index (κ3) is 1.95. The summed E-state index contributed by atoms with van der Waals surface area (Å²) in [7, 11) is 0. The molecule has 0 saturated carbocycles. The van der Waals surface area contributed by atoms with Crippen molar-refractivity contribution in [1.29, 1.82) is 5.26 Å². The molecule has 0 N–H and O–H groups in total. The molecule has 2 rings (SSSR count). The van der Waals surface area contributed by atoms with E-state index in [4.69, 9.17) is 26.3 Å². The molecule has 0 aromatic carbocycles. The van der Waals surface area contributed by atoms with Crippen molar-refractivity contribution in [2.75, 3.05) is 13.2 Å². The molecule has 1 saturated heterocycles. The molecule has 1 aromatic rings. The SMILES string of the molecule is N#Cc1cc(OC2COC2)cc(Cl)n1. The summed E-state index contributed by atoms with van der Waals surface area (Å²) in [5, 5.41) is 8.90. The highest BCUT2D eigenvalue weighted by Crippen LogP contribution is 2.20. The zero-order valence-electron chi connectivity index (χ0n) is 7.24. The van der Waals surface area contributed by atoms with Crippen molar-refractivity contribution in [3.63, 3.8) is 0 Å². The van der Waals surface area contributed by atoms with Gasteiger partial charge in [-0.15, -0.1) is 0 Å². The summed E-state index contributed by atoms with van der Waals surface area (Å²) in [4.78, 5) is 3.80. The van der Waals surface area contributed by atoms with Crippen LogP contribution < -0.4 is 4.74 Å². The highest BCUT2D eigenvalue weighted by Gasteiger charge is 2.20. The molecule has 0 atom stereocenters. The summed E-state index contributed by atoms with van der Waals surface area (Å²) < 4.78 is 10.4. The van der Waals surface area contributed by atoms with Crippen LogP contribution in [0.3, 0.4) is 0 Å². The van der Waals surface area contributed by atoms with E-state index in [1.54, 1.807) is 12.1 Å². The smallest absolute Gasteiger partial charge is 0.145 e. The molecule has 14 heavy (non-hydrogen) atoms. The summed E-state index contributed by atoms with van der Waals surface area (Å²) in [5.41, 5.74) is 0.257. The van der Waals surface area contributed by atoms with E-state index in [0.717, 1.165) is 0 Å². The van der Waals surface area contributed by atoms with Gasteiger partial charge in [0.2, 0.25) is 0 Å². The second kappa shape index (κ2) is 3.82. The Labute approximate surface area is 86.0 Å². The van der Waals surface area contributed by atoms with Gasteiger partial charge in [-0.3, -0.25) is 0 Å². The van der Waals surface area contributed by atoms with E-state index < -0.39 is 0 Å². The second-order valence-electron chi connectivity index (χ2n) is 2.90. The Kier molecular flexibility index (Phi) is 2.53. The monoisotopic (exact) mass is 210 g/mol. The van der Waals surface area contributed by atoms with Gasteiger partial charge < -0.3 is 9.47 Å². The van der Waals surface area contributed by atoms with Gasteiger partial charge in [-0.1, -0.05) is 11.6 Å². The molecule has 4 nitrogen and oxygen atoms in total. The third-order valence-electron chi connectivity index (χ3n) is 1.79. The minimum absolute atomic E-state index is 0.0695. The van der Waals surface area contributed by atoms with Gasteiger partial charge in [-0.05, 0) is 0 Å².